The zero-order valence-electron chi connectivity index (χ0n) is 9.79. The number of nitrogens with two attached hydrogens (primary N) is 1. The summed E-state index contributed by atoms with van der Waals surface area (Å²) in [6.45, 7) is 1.60. The van der Waals surface area contributed by atoms with Crippen molar-refractivity contribution in [3.05, 3.63) is 21.9 Å². The summed E-state index contributed by atoms with van der Waals surface area (Å²) in [6.07, 6.45) is 0.812. The quantitative estimate of drug-likeness (QED) is 0.602. The SMILES string of the molecule is COCCCNC(=O)c1csc(C#CCN)c1. The van der Waals surface area contributed by atoms with E-state index in [1.54, 1.807) is 18.6 Å². The normalized spacial score (nSPS) is 9.53. The Balaban J connectivity index is 2.43. The molecule has 1 aromatic heterocycles. The zero-order chi connectivity index (χ0) is 12.5. The van der Waals surface area contributed by atoms with E-state index in [4.69, 9.17) is 10.5 Å². The molecule has 0 atom stereocenters. The van der Waals surface area contributed by atoms with Gasteiger partial charge in [-0.15, -0.1) is 11.3 Å². The number of amides is 1. The van der Waals surface area contributed by atoms with Gasteiger partial charge in [0.25, 0.3) is 5.91 Å². The Hall–Kier alpha value is -1.35. The van der Waals surface area contributed by atoms with Crippen molar-refractivity contribution in [1.82, 2.24) is 5.32 Å². The van der Waals surface area contributed by atoms with Crippen LogP contribution in [-0.2, 0) is 4.74 Å². The Morgan fingerprint density at radius 3 is 3.18 bits per heavy atom. The van der Waals surface area contributed by atoms with Gasteiger partial charge in [-0.1, -0.05) is 11.8 Å². The maximum absolute atomic E-state index is 11.7. The average Bonchev–Trinajstić information content (AvgIpc) is 2.80. The summed E-state index contributed by atoms with van der Waals surface area (Å²) < 4.78 is 4.90. The molecule has 4 nitrogen and oxygen atoms in total. The van der Waals surface area contributed by atoms with Crippen molar-refractivity contribution >= 4 is 17.2 Å². The minimum absolute atomic E-state index is 0.0712. The minimum Gasteiger partial charge on any atom is -0.385 e. The molecule has 0 radical (unpaired) electrons. The summed E-state index contributed by atoms with van der Waals surface area (Å²) in [5.74, 6) is 5.59. The van der Waals surface area contributed by atoms with Crippen LogP contribution in [-0.4, -0.2) is 32.7 Å². The first-order chi connectivity index (χ1) is 8.27. The number of carbonyl (C=O) groups is 1. The van der Waals surface area contributed by atoms with Crippen LogP contribution >= 0.6 is 11.3 Å². The summed E-state index contributed by atoms with van der Waals surface area (Å²) >= 11 is 1.45. The molecule has 17 heavy (non-hydrogen) atoms. The van der Waals surface area contributed by atoms with Crippen LogP contribution in [0.2, 0.25) is 0 Å². The largest absolute Gasteiger partial charge is 0.385 e. The van der Waals surface area contributed by atoms with Crippen molar-refractivity contribution in [3.63, 3.8) is 0 Å². The summed E-state index contributed by atoms with van der Waals surface area (Å²) in [4.78, 5) is 12.5. The molecule has 0 saturated heterocycles. The summed E-state index contributed by atoms with van der Waals surface area (Å²) in [5, 5.41) is 4.62. The first kappa shape index (κ1) is 13.7. The fraction of sp³-hybridized carbons (Fsp3) is 0.417. The van der Waals surface area contributed by atoms with Gasteiger partial charge in [0.15, 0.2) is 0 Å². The van der Waals surface area contributed by atoms with E-state index in [9.17, 15) is 4.79 Å². The molecule has 1 rings (SSSR count). The highest BCUT2D eigenvalue weighted by atomic mass is 32.1. The molecule has 5 heteroatoms. The van der Waals surface area contributed by atoms with Crippen LogP contribution < -0.4 is 11.1 Å². The number of carbonyl (C=O) groups excluding carboxylic acids is 1. The molecule has 0 aliphatic carbocycles. The highest BCUT2D eigenvalue weighted by molar-refractivity contribution is 7.10. The maximum Gasteiger partial charge on any atom is 0.252 e. The van der Waals surface area contributed by atoms with Crippen LogP contribution in [0.15, 0.2) is 11.4 Å². The molecule has 3 N–H and O–H groups in total. The lowest BCUT2D eigenvalue weighted by Crippen LogP contribution is -2.24. The van der Waals surface area contributed by atoms with Crippen LogP contribution in [0.3, 0.4) is 0 Å². The van der Waals surface area contributed by atoms with Crippen LogP contribution in [0, 0.1) is 11.8 Å². The summed E-state index contributed by atoms with van der Waals surface area (Å²) in [6, 6.07) is 1.78. The van der Waals surface area contributed by atoms with Gasteiger partial charge < -0.3 is 15.8 Å². The molecule has 0 fully saturated rings. The monoisotopic (exact) mass is 252 g/mol. The number of nitrogens with one attached hydrogen (secondary N) is 1. The number of rotatable bonds is 5. The van der Waals surface area contributed by atoms with Gasteiger partial charge in [0, 0.05) is 25.6 Å². The van der Waals surface area contributed by atoms with Crippen molar-refractivity contribution in [2.75, 3.05) is 26.8 Å². The highest BCUT2D eigenvalue weighted by Gasteiger charge is 2.06. The van der Waals surface area contributed by atoms with E-state index >= 15 is 0 Å². The van der Waals surface area contributed by atoms with Crippen LogP contribution in [0.5, 0.6) is 0 Å². The number of thiophene rings is 1. The first-order valence-electron chi connectivity index (χ1n) is 5.32. The van der Waals surface area contributed by atoms with E-state index < -0.39 is 0 Å². The van der Waals surface area contributed by atoms with Gasteiger partial charge >= 0.3 is 0 Å². The molecule has 92 valence electrons. The third-order valence-corrected chi connectivity index (χ3v) is 2.83. The lowest BCUT2D eigenvalue weighted by Gasteiger charge is -2.02. The Morgan fingerprint density at radius 2 is 2.47 bits per heavy atom. The number of ether oxygens (including phenoxy) is 1. The summed E-state index contributed by atoms with van der Waals surface area (Å²) in [7, 11) is 1.64. The third kappa shape index (κ3) is 5.00. The lowest BCUT2D eigenvalue weighted by molar-refractivity contribution is 0.0949. The van der Waals surface area contributed by atoms with Crippen molar-refractivity contribution < 1.29 is 9.53 Å². The molecular formula is C12H16N2O2S. The molecule has 0 unspecified atom stereocenters. The Morgan fingerprint density at radius 1 is 1.65 bits per heavy atom. The molecule has 0 bridgehead atoms. The lowest BCUT2D eigenvalue weighted by atomic mass is 10.3. The van der Waals surface area contributed by atoms with Crippen molar-refractivity contribution in [2.24, 2.45) is 5.73 Å². The second kappa shape index (κ2) is 7.85. The second-order valence-corrected chi connectivity index (χ2v) is 4.22. The predicted octanol–water partition coefficient (Wildman–Crippen LogP) is 0.825. The molecule has 1 amide bonds. The molecule has 0 aliphatic heterocycles. The van der Waals surface area contributed by atoms with Crippen molar-refractivity contribution in [1.29, 1.82) is 0 Å². The van der Waals surface area contributed by atoms with E-state index in [0.717, 1.165) is 11.3 Å². The number of methoxy groups -OCH3 is 1. The third-order valence-electron chi connectivity index (χ3n) is 1.99. The van der Waals surface area contributed by atoms with Gasteiger partial charge in [-0.25, -0.2) is 0 Å². The standard InChI is InChI=1S/C12H16N2O2S/c1-16-7-3-6-14-12(15)10-8-11(17-9-10)4-2-5-13/h8-9H,3,5-7,13H2,1H3,(H,14,15). The predicted molar refractivity (Wildman–Crippen MR) is 69.1 cm³/mol. The fourth-order valence-corrected chi connectivity index (χ4v) is 1.93. The van der Waals surface area contributed by atoms with Gasteiger partial charge in [-0.05, 0) is 12.5 Å². The highest BCUT2D eigenvalue weighted by Crippen LogP contribution is 2.13. The van der Waals surface area contributed by atoms with Crippen LogP contribution in [0.4, 0.5) is 0 Å². The second-order valence-electron chi connectivity index (χ2n) is 3.31. The van der Waals surface area contributed by atoms with Crippen LogP contribution in [0.25, 0.3) is 0 Å². The van der Waals surface area contributed by atoms with E-state index in [2.05, 4.69) is 17.2 Å². The Kier molecular flexibility index (Phi) is 6.33. The molecule has 0 aromatic carbocycles. The van der Waals surface area contributed by atoms with Gasteiger partial charge in [0.1, 0.15) is 0 Å². The topological polar surface area (TPSA) is 64.3 Å². The van der Waals surface area contributed by atoms with Crippen molar-refractivity contribution in [2.45, 2.75) is 6.42 Å². The maximum atomic E-state index is 11.7. The van der Waals surface area contributed by atoms with Gasteiger partial charge in [0.05, 0.1) is 17.0 Å². The summed E-state index contributed by atoms with van der Waals surface area (Å²) in [5.41, 5.74) is 5.92. The van der Waals surface area contributed by atoms with Crippen LogP contribution in [0.1, 0.15) is 21.7 Å². The molecule has 0 aliphatic rings. The van der Waals surface area contributed by atoms with E-state index in [1.807, 2.05) is 0 Å². The smallest absolute Gasteiger partial charge is 0.252 e. The van der Waals surface area contributed by atoms with Gasteiger partial charge in [-0.2, -0.15) is 0 Å². The fourth-order valence-electron chi connectivity index (χ4n) is 1.18. The first-order valence-corrected chi connectivity index (χ1v) is 6.20. The Labute approximate surface area is 105 Å². The van der Waals surface area contributed by atoms with E-state index in [-0.39, 0.29) is 5.91 Å². The number of hydrogen-bond acceptors (Lipinski definition) is 4. The zero-order valence-corrected chi connectivity index (χ0v) is 10.6. The van der Waals surface area contributed by atoms with Gasteiger partial charge in [-0.3, -0.25) is 4.79 Å². The average molecular weight is 252 g/mol. The molecule has 1 aromatic rings. The van der Waals surface area contributed by atoms with Crippen molar-refractivity contribution in [3.8, 4) is 11.8 Å². The van der Waals surface area contributed by atoms with Gasteiger partial charge in [0.2, 0.25) is 0 Å². The minimum atomic E-state index is -0.0712. The molecule has 1 heterocycles. The molecule has 0 saturated carbocycles. The van der Waals surface area contributed by atoms with E-state index in [1.165, 1.54) is 11.3 Å². The molecular weight excluding hydrogens is 236 g/mol. The number of hydrogen-bond donors (Lipinski definition) is 2. The van der Waals surface area contributed by atoms with E-state index in [0.29, 0.717) is 25.3 Å². The Bertz CT molecular complexity index is 418. The molecule has 0 spiro atoms.